The molecule has 7 nitrogen and oxygen atoms in total. The van der Waals surface area contributed by atoms with Gasteiger partial charge in [-0.05, 0) is 36.8 Å². The van der Waals surface area contributed by atoms with Crippen molar-refractivity contribution < 1.29 is 9.31 Å². The van der Waals surface area contributed by atoms with Gasteiger partial charge in [0.25, 0.3) is 5.69 Å². The molecule has 1 heterocycles. The fourth-order valence-electron chi connectivity index (χ4n) is 2.41. The maximum atomic E-state index is 13.2. The lowest BCUT2D eigenvalue weighted by Crippen LogP contribution is -2.08. The second kappa shape index (κ2) is 5.56. The summed E-state index contributed by atoms with van der Waals surface area (Å²) in [6.45, 7) is 1.82. The van der Waals surface area contributed by atoms with Gasteiger partial charge in [-0.2, -0.15) is 0 Å². The number of hydrogen-bond acceptors (Lipinski definition) is 4. The van der Waals surface area contributed by atoms with Gasteiger partial charge in [-0.25, -0.2) is 9.18 Å². The molecule has 0 aliphatic carbocycles. The van der Waals surface area contributed by atoms with E-state index in [9.17, 15) is 19.3 Å². The third-order valence-corrected chi connectivity index (χ3v) is 3.57. The van der Waals surface area contributed by atoms with Crippen LogP contribution in [-0.4, -0.2) is 14.9 Å². The molecule has 0 fully saturated rings. The number of rotatable bonds is 4. The van der Waals surface area contributed by atoms with Crippen molar-refractivity contribution in [1.29, 1.82) is 0 Å². The summed E-state index contributed by atoms with van der Waals surface area (Å²) < 4.78 is 13.2. The van der Waals surface area contributed by atoms with Gasteiger partial charge < -0.3 is 15.3 Å². The Morgan fingerprint density at radius 1 is 1.17 bits per heavy atom. The van der Waals surface area contributed by atoms with Crippen molar-refractivity contribution >= 4 is 22.4 Å². The number of H-pyrrole nitrogens is 2. The van der Waals surface area contributed by atoms with Crippen LogP contribution >= 0.6 is 0 Å². The van der Waals surface area contributed by atoms with Crippen molar-refractivity contribution in [2.24, 2.45) is 0 Å². The molecule has 0 aliphatic heterocycles. The average Bonchev–Trinajstić information content (AvgIpc) is 2.87. The zero-order valence-corrected chi connectivity index (χ0v) is 12.1. The molecule has 0 unspecified atom stereocenters. The van der Waals surface area contributed by atoms with Gasteiger partial charge in [0.15, 0.2) is 0 Å². The summed E-state index contributed by atoms with van der Waals surface area (Å²) in [7, 11) is 0. The molecule has 0 radical (unpaired) electrons. The Kier molecular flexibility index (Phi) is 3.57. The standard InChI is InChI=1S/C15H13FN4O3/c1-8(9-2-4-11-13(6-9)19-15(21)18-11)17-12-5-3-10(16)7-14(12)20(22)23/h2-8,17H,1H3,(H2,18,19,21)/t8-/m0/s1. The number of benzene rings is 2. The predicted octanol–water partition coefficient (Wildman–Crippen LogP) is 3.08. The maximum absolute atomic E-state index is 13.2. The molecule has 3 N–H and O–H groups in total. The van der Waals surface area contributed by atoms with E-state index in [0.29, 0.717) is 11.0 Å². The summed E-state index contributed by atoms with van der Waals surface area (Å²) >= 11 is 0. The van der Waals surface area contributed by atoms with E-state index >= 15 is 0 Å². The van der Waals surface area contributed by atoms with Crippen LogP contribution in [0.4, 0.5) is 15.8 Å². The van der Waals surface area contributed by atoms with Gasteiger partial charge in [-0.3, -0.25) is 10.1 Å². The van der Waals surface area contributed by atoms with E-state index in [0.717, 1.165) is 17.7 Å². The number of nitrogens with zero attached hydrogens (tertiary/aromatic N) is 1. The van der Waals surface area contributed by atoms with Gasteiger partial charge in [-0.15, -0.1) is 0 Å². The van der Waals surface area contributed by atoms with Gasteiger partial charge in [0.1, 0.15) is 11.5 Å². The number of halogens is 1. The highest BCUT2D eigenvalue weighted by Gasteiger charge is 2.17. The minimum atomic E-state index is -0.666. The number of hydrogen-bond donors (Lipinski definition) is 3. The normalized spacial score (nSPS) is 12.3. The molecule has 1 aromatic heterocycles. The first-order chi connectivity index (χ1) is 10.9. The first-order valence-corrected chi connectivity index (χ1v) is 6.86. The molecule has 0 aliphatic rings. The van der Waals surface area contributed by atoms with Gasteiger partial charge in [0.2, 0.25) is 0 Å². The van der Waals surface area contributed by atoms with Crippen molar-refractivity contribution in [2.45, 2.75) is 13.0 Å². The Morgan fingerprint density at radius 3 is 2.65 bits per heavy atom. The molecule has 23 heavy (non-hydrogen) atoms. The molecule has 8 heteroatoms. The van der Waals surface area contributed by atoms with E-state index in [-0.39, 0.29) is 23.1 Å². The fourth-order valence-corrected chi connectivity index (χ4v) is 2.41. The van der Waals surface area contributed by atoms with Crippen LogP contribution in [0.5, 0.6) is 0 Å². The van der Waals surface area contributed by atoms with Gasteiger partial charge in [0, 0.05) is 6.04 Å². The number of nitrogens with one attached hydrogen (secondary N) is 3. The first-order valence-electron chi connectivity index (χ1n) is 6.86. The van der Waals surface area contributed by atoms with Gasteiger partial charge in [-0.1, -0.05) is 6.07 Å². The topological polar surface area (TPSA) is 104 Å². The van der Waals surface area contributed by atoms with Crippen molar-refractivity contribution in [2.75, 3.05) is 5.32 Å². The molecule has 0 bridgehead atoms. The zero-order valence-electron chi connectivity index (χ0n) is 12.1. The quantitative estimate of drug-likeness (QED) is 0.508. The van der Waals surface area contributed by atoms with Crippen LogP contribution in [0.2, 0.25) is 0 Å². The fraction of sp³-hybridized carbons (Fsp3) is 0.133. The minimum Gasteiger partial charge on any atom is -0.373 e. The van der Waals surface area contributed by atoms with Gasteiger partial charge >= 0.3 is 5.69 Å². The summed E-state index contributed by atoms with van der Waals surface area (Å²) in [4.78, 5) is 27.0. The van der Waals surface area contributed by atoms with Crippen molar-refractivity contribution in [3.63, 3.8) is 0 Å². The lowest BCUT2D eigenvalue weighted by atomic mass is 10.1. The van der Waals surface area contributed by atoms with E-state index in [1.807, 2.05) is 6.92 Å². The number of aromatic nitrogens is 2. The van der Waals surface area contributed by atoms with Crippen molar-refractivity contribution in [3.8, 4) is 0 Å². The lowest BCUT2D eigenvalue weighted by Gasteiger charge is -2.16. The minimum absolute atomic E-state index is 0.228. The Morgan fingerprint density at radius 2 is 1.91 bits per heavy atom. The Bertz CT molecular complexity index is 947. The number of anilines is 1. The molecule has 0 saturated heterocycles. The number of imidazole rings is 1. The molecule has 3 aromatic rings. The molecule has 3 rings (SSSR count). The summed E-state index contributed by atoms with van der Waals surface area (Å²) in [6.07, 6.45) is 0. The maximum Gasteiger partial charge on any atom is 0.323 e. The molecule has 118 valence electrons. The first kappa shape index (κ1) is 14.8. The Balaban J connectivity index is 1.92. The third-order valence-electron chi connectivity index (χ3n) is 3.57. The second-order valence-corrected chi connectivity index (χ2v) is 5.17. The largest absolute Gasteiger partial charge is 0.373 e. The molecular weight excluding hydrogens is 303 g/mol. The molecular formula is C15H13FN4O3. The summed E-state index contributed by atoms with van der Waals surface area (Å²) in [5, 5.41) is 14.0. The highest BCUT2D eigenvalue weighted by atomic mass is 19.1. The van der Waals surface area contributed by atoms with E-state index in [1.165, 1.54) is 6.07 Å². The van der Waals surface area contributed by atoms with Crippen LogP contribution < -0.4 is 11.0 Å². The smallest absolute Gasteiger partial charge is 0.323 e. The van der Waals surface area contributed by atoms with Crippen LogP contribution in [-0.2, 0) is 0 Å². The van der Waals surface area contributed by atoms with E-state index in [4.69, 9.17) is 0 Å². The van der Waals surface area contributed by atoms with Crippen molar-refractivity contribution in [1.82, 2.24) is 9.97 Å². The van der Waals surface area contributed by atoms with E-state index in [2.05, 4.69) is 15.3 Å². The SMILES string of the molecule is C[C@H](Nc1ccc(F)cc1[N+](=O)[O-])c1ccc2[nH]c(=O)[nH]c2c1. The lowest BCUT2D eigenvalue weighted by molar-refractivity contribution is -0.384. The average molecular weight is 316 g/mol. The number of aromatic amines is 2. The Labute approximate surface area is 129 Å². The summed E-state index contributed by atoms with van der Waals surface area (Å²) in [5.41, 5.74) is 1.76. The number of fused-ring (bicyclic) bond motifs is 1. The van der Waals surface area contributed by atoms with Crippen LogP contribution in [0.25, 0.3) is 11.0 Å². The molecule has 0 amide bonds. The number of nitro groups is 1. The molecule has 0 saturated carbocycles. The van der Waals surface area contributed by atoms with Crippen LogP contribution in [0.15, 0.2) is 41.2 Å². The Hall–Kier alpha value is -3.16. The van der Waals surface area contributed by atoms with Crippen LogP contribution in [0.3, 0.4) is 0 Å². The van der Waals surface area contributed by atoms with Gasteiger partial charge in [0.05, 0.1) is 22.0 Å². The monoisotopic (exact) mass is 316 g/mol. The highest BCUT2D eigenvalue weighted by molar-refractivity contribution is 5.75. The van der Waals surface area contributed by atoms with E-state index in [1.54, 1.807) is 18.2 Å². The summed E-state index contributed by atoms with van der Waals surface area (Å²) in [5.74, 6) is -0.666. The number of nitro benzene ring substituents is 1. The van der Waals surface area contributed by atoms with Crippen LogP contribution in [0.1, 0.15) is 18.5 Å². The molecule has 0 spiro atoms. The van der Waals surface area contributed by atoms with Crippen LogP contribution in [0, 0.1) is 15.9 Å². The van der Waals surface area contributed by atoms with Crippen molar-refractivity contribution in [3.05, 3.63) is 68.4 Å². The molecule has 2 aromatic carbocycles. The predicted molar refractivity (Wildman–Crippen MR) is 84.0 cm³/mol. The van der Waals surface area contributed by atoms with E-state index < -0.39 is 10.7 Å². The second-order valence-electron chi connectivity index (χ2n) is 5.17. The zero-order chi connectivity index (χ0) is 16.6. The molecule has 1 atom stereocenters. The summed E-state index contributed by atoms with van der Waals surface area (Å²) in [6, 6.07) is 8.43. The highest BCUT2D eigenvalue weighted by Crippen LogP contribution is 2.29. The third kappa shape index (κ3) is 2.91.